The summed E-state index contributed by atoms with van der Waals surface area (Å²) >= 11 is 5.72. The third-order valence-corrected chi connectivity index (χ3v) is 5.57. The average Bonchev–Trinajstić information content (AvgIpc) is 3.29. The number of alkyl halides is 3. The molecule has 8 nitrogen and oxygen atoms in total. The average molecular weight is 467 g/mol. The number of sulfonamides is 1. The van der Waals surface area contributed by atoms with Gasteiger partial charge in [0.05, 0.1) is 16.3 Å². The van der Waals surface area contributed by atoms with Gasteiger partial charge in [0, 0.05) is 6.04 Å². The van der Waals surface area contributed by atoms with Gasteiger partial charge < -0.3 is 14.5 Å². The van der Waals surface area contributed by atoms with E-state index in [9.17, 15) is 31.2 Å². The van der Waals surface area contributed by atoms with Crippen molar-refractivity contribution in [1.29, 1.82) is 0 Å². The van der Waals surface area contributed by atoms with Crippen LogP contribution in [0.5, 0.6) is 0 Å². The van der Waals surface area contributed by atoms with Gasteiger partial charge in [0.15, 0.2) is 6.61 Å². The second kappa shape index (κ2) is 8.28. The number of esters is 1. The Morgan fingerprint density at radius 2 is 1.90 bits per heavy atom. The van der Waals surface area contributed by atoms with Crippen molar-refractivity contribution < 1.29 is 40.3 Å². The van der Waals surface area contributed by atoms with Crippen molar-refractivity contribution in [2.24, 2.45) is 0 Å². The highest BCUT2D eigenvalue weighted by molar-refractivity contribution is 7.89. The van der Waals surface area contributed by atoms with Gasteiger partial charge in [0.25, 0.3) is 15.9 Å². The summed E-state index contributed by atoms with van der Waals surface area (Å²) in [6, 6.07) is 4.86. The fourth-order valence-electron chi connectivity index (χ4n) is 2.32. The second-order valence-electron chi connectivity index (χ2n) is 6.30. The third kappa shape index (κ3) is 5.32. The number of furan rings is 1. The van der Waals surface area contributed by atoms with Crippen LogP contribution in [0.15, 0.2) is 39.8 Å². The molecule has 2 aromatic rings. The van der Waals surface area contributed by atoms with Crippen molar-refractivity contribution >= 4 is 39.2 Å². The van der Waals surface area contributed by atoms with Crippen molar-refractivity contribution in [3.05, 3.63) is 46.7 Å². The van der Waals surface area contributed by atoms with Crippen molar-refractivity contribution in [1.82, 2.24) is 4.72 Å². The van der Waals surface area contributed by atoms with Gasteiger partial charge in [-0.15, -0.1) is 0 Å². The number of rotatable bonds is 7. The Hall–Kier alpha value is -2.57. The van der Waals surface area contributed by atoms with E-state index in [4.69, 9.17) is 16.0 Å². The molecule has 0 radical (unpaired) electrons. The highest BCUT2D eigenvalue weighted by Gasteiger charge is 2.35. The summed E-state index contributed by atoms with van der Waals surface area (Å²) in [5.41, 5.74) is -1.84. The van der Waals surface area contributed by atoms with Crippen molar-refractivity contribution in [2.45, 2.75) is 30.2 Å². The van der Waals surface area contributed by atoms with Gasteiger partial charge in [-0.3, -0.25) is 4.79 Å². The number of anilines is 1. The fourth-order valence-corrected chi connectivity index (χ4v) is 3.78. The van der Waals surface area contributed by atoms with Gasteiger partial charge in [0.2, 0.25) is 10.9 Å². The number of nitrogens with one attached hydrogen (secondary N) is 2. The molecule has 1 heterocycles. The van der Waals surface area contributed by atoms with E-state index in [2.05, 4.69) is 9.46 Å². The first-order valence-corrected chi connectivity index (χ1v) is 10.3. The van der Waals surface area contributed by atoms with Crippen LogP contribution in [0.1, 0.15) is 29.0 Å². The molecule has 1 aliphatic carbocycles. The molecule has 30 heavy (non-hydrogen) atoms. The molecule has 0 unspecified atom stereocenters. The Bertz CT molecular complexity index is 1080. The molecule has 0 aliphatic heterocycles. The Morgan fingerprint density at radius 1 is 1.20 bits per heavy atom. The number of amides is 1. The molecule has 1 aliphatic rings. The first kappa shape index (κ1) is 22.1. The molecule has 0 spiro atoms. The molecule has 162 valence electrons. The van der Waals surface area contributed by atoms with Gasteiger partial charge in [-0.25, -0.2) is 17.9 Å². The molecule has 1 amide bonds. The van der Waals surface area contributed by atoms with E-state index in [0.29, 0.717) is 12.8 Å². The number of hydrogen-bond acceptors (Lipinski definition) is 6. The first-order chi connectivity index (χ1) is 14.0. The van der Waals surface area contributed by atoms with E-state index < -0.39 is 56.8 Å². The molecule has 0 bridgehead atoms. The van der Waals surface area contributed by atoms with Crippen molar-refractivity contribution in [3.8, 4) is 0 Å². The van der Waals surface area contributed by atoms with E-state index in [1.807, 2.05) is 5.32 Å². The number of carbonyl (C=O) groups excluding carboxylic acids is 2. The maximum Gasteiger partial charge on any atom is 0.418 e. The minimum Gasteiger partial charge on any atom is -0.450 e. The molecule has 3 rings (SSSR count). The molecular formula is C17H14ClF3N2O6S. The zero-order valence-corrected chi connectivity index (χ0v) is 16.5. The van der Waals surface area contributed by atoms with E-state index in [-0.39, 0.29) is 11.1 Å². The third-order valence-electron chi connectivity index (χ3n) is 3.86. The standard InChI is InChI=1S/C17H14ClF3N2O6S/c18-11-3-1-2-10(17(19,20)21)15(11)22-13(24)8-28-16(25)12-6-7-14(29-12)30(26,27)23-9-4-5-9/h1-3,6-7,9,23H,4-5,8H2,(H,22,24). The maximum absolute atomic E-state index is 13.0. The van der Waals surface area contributed by atoms with Gasteiger partial charge in [-0.2, -0.15) is 13.2 Å². The summed E-state index contributed by atoms with van der Waals surface area (Å²) in [7, 11) is -3.93. The van der Waals surface area contributed by atoms with E-state index in [1.165, 1.54) is 0 Å². The largest absolute Gasteiger partial charge is 0.450 e. The topological polar surface area (TPSA) is 115 Å². The van der Waals surface area contributed by atoms with Gasteiger partial charge in [0.1, 0.15) is 0 Å². The van der Waals surface area contributed by atoms with E-state index >= 15 is 0 Å². The molecule has 1 saturated carbocycles. The van der Waals surface area contributed by atoms with Crippen LogP contribution in [0.2, 0.25) is 5.02 Å². The lowest BCUT2D eigenvalue weighted by molar-refractivity contribution is -0.137. The van der Waals surface area contributed by atoms with Crippen molar-refractivity contribution in [3.63, 3.8) is 0 Å². The number of hydrogen-bond donors (Lipinski definition) is 2. The summed E-state index contributed by atoms with van der Waals surface area (Å²) in [5, 5.41) is 1.09. The van der Waals surface area contributed by atoms with Gasteiger partial charge in [-0.1, -0.05) is 17.7 Å². The molecule has 0 atom stereocenters. The Kier molecular flexibility index (Phi) is 6.11. The lowest BCUT2D eigenvalue weighted by Gasteiger charge is -2.15. The quantitative estimate of drug-likeness (QED) is 0.606. The molecular weight excluding hydrogens is 453 g/mol. The van der Waals surface area contributed by atoms with Crippen LogP contribution in [0.25, 0.3) is 0 Å². The second-order valence-corrected chi connectivity index (χ2v) is 8.35. The molecule has 1 aromatic carbocycles. The van der Waals surface area contributed by atoms with E-state index in [1.54, 1.807) is 0 Å². The Balaban J connectivity index is 1.61. The smallest absolute Gasteiger partial charge is 0.418 e. The summed E-state index contributed by atoms with van der Waals surface area (Å²) in [4.78, 5) is 23.9. The number of carbonyl (C=O) groups is 2. The minimum absolute atomic E-state index is 0.175. The van der Waals surface area contributed by atoms with Crippen molar-refractivity contribution in [2.75, 3.05) is 11.9 Å². The monoisotopic (exact) mass is 466 g/mol. The van der Waals surface area contributed by atoms with Crippen LogP contribution in [-0.2, 0) is 25.7 Å². The Morgan fingerprint density at radius 3 is 2.53 bits per heavy atom. The number of para-hydroxylation sites is 1. The van der Waals surface area contributed by atoms with Gasteiger partial charge in [-0.05, 0) is 37.1 Å². The predicted octanol–water partition coefficient (Wildman–Crippen LogP) is 3.19. The summed E-state index contributed by atoms with van der Waals surface area (Å²) in [6.07, 6.45) is -3.37. The zero-order valence-electron chi connectivity index (χ0n) is 15.0. The normalized spacial score (nSPS) is 14.4. The molecule has 1 fully saturated rings. The van der Waals surface area contributed by atoms with Crippen LogP contribution >= 0.6 is 11.6 Å². The SMILES string of the molecule is O=C(COC(=O)c1ccc(S(=O)(=O)NC2CC2)o1)Nc1c(Cl)cccc1C(F)(F)F. The minimum atomic E-state index is -4.77. The lowest BCUT2D eigenvalue weighted by atomic mass is 10.1. The number of ether oxygens (including phenoxy) is 1. The predicted molar refractivity (Wildman–Crippen MR) is 97.4 cm³/mol. The first-order valence-electron chi connectivity index (χ1n) is 8.42. The van der Waals surface area contributed by atoms with Crippen LogP contribution in [0, 0.1) is 0 Å². The van der Waals surface area contributed by atoms with Gasteiger partial charge >= 0.3 is 12.1 Å². The van der Waals surface area contributed by atoms with Crippen LogP contribution < -0.4 is 10.0 Å². The lowest BCUT2D eigenvalue weighted by Crippen LogP contribution is -2.25. The Labute approximate surface area is 173 Å². The maximum atomic E-state index is 13.0. The molecule has 2 N–H and O–H groups in total. The number of benzene rings is 1. The van der Waals surface area contributed by atoms with Crippen LogP contribution in [-0.4, -0.2) is 32.9 Å². The summed E-state index contributed by atoms with van der Waals surface area (Å²) < 4.78 is 75.1. The van der Waals surface area contributed by atoms with Crippen LogP contribution in [0.4, 0.5) is 18.9 Å². The van der Waals surface area contributed by atoms with E-state index in [0.717, 1.165) is 30.3 Å². The zero-order chi connectivity index (χ0) is 22.1. The summed E-state index contributed by atoms with van der Waals surface area (Å²) in [5.74, 6) is -2.75. The summed E-state index contributed by atoms with van der Waals surface area (Å²) in [6.45, 7) is -0.954. The molecule has 13 heteroatoms. The highest BCUT2D eigenvalue weighted by Crippen LogP contribution is 2.38. The highest BCUT2D eigenvalue weighted by atomic mass is 35.5. The molecule has 1 aromatic heterocycles. The number of halogens is 4. The van der Waals surface area contributed by atoms with Crippen LogP contribution in [0.3, 0.4) is 0 Å². The molecule has 0 saturated heterocycles. The fraction of sp³-hybridized carbons (Fsp3) is 0.294.